The first-order chi connectivity index (χ1) is 9.45. The van der Waals surface area contributed by atoms with Gasteiger partial charge in [-0.3, -0.25) is 4.79 Å². The maximum Gasteiger partial charge on any atom is 0.177 e. The SMILES string of the molecule is COc1c(N2CCCC2CN(C)C)sc(C(C)=O)c1N. The van der Waals surface area contributed by atoms with Crippen molar-refractivity contribution in [2.75, 3.05) is 44.9 Å². The number of thiophene rings is 1. The van der Waals surface area contributed by atoms with Crippen molar-refractivity contribution < 1.29 is 9.53 Å². The Morgan fingerprint density at radius 2 is 2.25 bits per heavy atom. The van der Waals surface area contributed by atoms with E-state index in [0.29, 0.717) is 22.4 Å². The van der Waals surface area contributed by atoms with Gasteiger partial charge in [-0.25, -0.2) is 0 Å². The highest BCUT2D eigenvalue weighted by Gasteiger charge is 2.31. The molecule has 2 heterocycles. The van der Waals surface area contributed by atoms with Crippen molar-refractivity contribution in [2.24, 2.45) is 0 Å². The van der Waals surface area contributed by atoms with Crippen LogP contribution in [0.15, 0.2) is 0 Å². The number of anilines is 2. The standard InChI is InChI=1S/C14H23N3O2S/c1-9(18)13-11(15)12(19-4)14(20-13)17-7-5-6-10(17)8-16(2)3/h10H,5-8,15H2,1-4H3. The van der Waals surface area contributed by atoms with Gasteiger partial charge in [0, 0.05) is 26.1 Å². The Kier molecular flexibility index (Phi) is 4.55. The molecule has 2 rings (SSSR count). The first kappa shape index (κ1) is 15.1. The van der Waals surface area contributed by atoms with E-state index >= 15 is 0 Å². The molecule has 1 aliphatic rings. The van der Waals surface area contributed by atoms with Crippen molar-refractivity contribution in [1.29, 1.82) is 0 Å². The lowest BCUT2D eigenvalue weighted by Gasteiger charge is -2.28. The van der Waals surface area contributed by atoms with Crippen LogP contribution in [-0.4, -0.2) is 51.0 Å². The summed E-state index contributed by atoms with van der Waals surface area (Å²) in [5, 5.41) is 1.000. The molecule has 20 heavy (non-hydrogen) atoms. The number of nitrogens with two attached hydrogens (primary N) is 1. The van der Waals surface area contributed by atoms with Gasteiger partial charge in [-0.2, -0.15) is 0 Å². The molecule has 1 aliphatic heterocycles. The third-order valence-electron chi connectivity index (χ3n) is 3.62. The Hall–Kier alpha value is -1.27. The summed E-state index contributed by atoms with van der Waals surface area (Å²) in [4.78, 5) is 16.8. The first-order valence-electron chi connectivity index (χ1n) is 6.84. The number of carbonyl (C=O) groups excluding carboxylic acids is 1. The average molecular weight is 297 g/mol. The highest BCUT2D eigenvalue weighted by Crippen LogP contribution is 2.47. The van der Waals surface area contributed by atoms with Crippen LogP contribution in [0.3, 0.4) is 0 Å². The summed E-state index contributed by atoms with van der Waals surface area (Å²) in [6.45, 7) is 3.54. The van der Waals surface area contributed by atoms with Crippen LogP contribution in [0.1, 0.15) is 29.4 Å². The number of hydrogen-bond acceptors (Lipinski definition) is 6. The average Bonchev–Trinajstić information content (AvgIpc) is 2.92. The molecule has 0 saturated carbocycles. The predicted molar refractivity (Wildman–Crippen MR) is 84.2 cm³/mol. The number of ether oxygens (including phenoxy) is 1. The number of carbonyl (C=O) groups is 1. The van der Waals surface area contributed by atoms with Gasteiger partial charge in [0.2, 0.25) is 0 Å². The molecule has 1 saturated heterocycles. The second-order valence-electron chi connectivity index (χ2n) is 5.49. The number of likely N-dealkylation sites (N-methyl/N-ethyl adjacent to an activating group) is 1. The Morgan fingerprint density at radius 3 is 2.80 bits per heavy atom. The molecule has 0 aliphatic carbocycles. The minimum atomic E-state index is 0.000376. The predicted octanol–water partition coefficient (Wildman–Crippen LogP) is 2.07. The molecule has 112 valence electrons. The maximum absolute atomic E-state index is 11.7. The number of rotatable bonds is 5. The third kappa shape index (κ3) is 2.76. The van der Waals surface area contributed by atoms with Crippen LogP contribution in [0, 0.1) is 0 Å². The normalized spacial score (nSPS) is 18.9. The molecule has 2 N–H and O–H groups in total. The lowest BCUT2D eigenvalue weighted by molar-refractivity contribution is 0.102. The third-order valence-corrected chi connectivity index (χ3v) is 4.94. The fraction of sp³-hybridized carbons (Fsp3) is 0.643. The zero-order valence-electron chi connectivity index (χ0n) is 12.6. The number of nitrogens with zero attached hydrogens (tertiary/aromatic N) is 2. The summed E-state index contributed by atoms with van der Waals surface area (Å²) in [6, 6.07) is 0.455. The van der Waals surface area contributed by atoms with E-state index in [9.17, 15) is 4.79 Å². The van der Waals surface area contributed by atoms with Crippen molar-refractivity contribution >= 4 is 27.8 Å². The van der Waals surface area contributed by atoms with E-state index in [-0.39, 0.29) is 5.78 Å². The van der Waals surface area contributed by atoms with Gasteiger partial charge in [0.15, 0.2) is 11.5 Å². The van der Waals surface area contributed by atoms with Crippen molar-refractivity contribution in [3.8, 4) is 5.75 Å². The van der Waals surface area contributed by atoms with Crippen molar-refractivity contribution in [2.45, 2.75) is 25.8 Å². The second kappa shape index (κ2) is 6.01. The fourth-order valence-corrected chi connectivity index (χ4v) is 3.96. The number of methoxy groups -OCH3 is 1. The molecule has 1 aromatic rings. The molecule has 1 fully saturated rings. The van der Waals surface area contributed by atoms with Crippen molar-refractivity contribution in [1.82, 2.24) is 4.90 Å². The zero-order chi connectivity index (χ0) is 14.9. The van der Waals surface area contributed by atoms with Crippen LogP contribution in [0.5, 0.6) is 5.75 Å². The van der Waals surface area contributed by atoms with E-state index in [1.807, 2.05) is 0 Å². The van der Waals surface area contributed by atoms with E-state index in [4.69, 9.17) is 10.5 Å². The molecule has 6 heteroatoms. The Bertz CT molecular complexity index is 499. The molecule has 1 atom stereocenters. The molecular formula is C14H23N3O2S. The summed E-state index contributed by atoms with van der Waals surface area (Å²) in [5.74, 6) is 0.659. The number of hydrogen-bond donors (Lipinski definition) is 1. The van der Waals surface area contributed by atoms with Crippen LogP contribution in [0.2, 0.25) is 0 Å². The van der Waals surface area contributed by atoms with E-state index < -0.39 is 0 Å². The highest BCUT2D eigenvalue weighted by atomic mass is 32.1. The number of Topliss-reactive ketones (excluding diaryl/α,β-unsaturated/α-hetero) is 1. The van der Waals surface area contributed by atoms with Crippen LogP contribution in [0.4, 0.5) is 10.7 Å². The minimum Gasteiger partial charge on any atom is -0.492 e. The van der Waals surface area contributed by atoms with Crippen LogP contribution in [0.25, 0.3) is 0 Å². The van der Waals surface area contributed by atoms with E-state index in [2.05, 4.69) is 23.9 Å². The van der Waals surface area contributed by atoms with Crippen LogP contribution < -0.4 is 15.4 Å². The fourth-order valence-electron chi connectivity index (χ4n) is 2.78. The quantitative estimate of drug-likeness (QED) is 0.843. The molecule has 1 aromatic heterocycles. The van der Waals surface area contributed by atoms with Gasteiger partial charge < -0.3 is 20.3 Å². The van der Waals surface area contributed by atoms with Gasteiger partial charge in [0.05, 0.1) is 17.7 Å². The Labute approximate surface area is 124 Å². The summed E-state index contributed by atoms with van der Waals surface area (Å²) >= 11 is 1.45. The topological polar surface area (TPSA) is 58.8 Å². The van der Waals surface area contributed by atoms with E-state index in [1.54, 1.807) is 14.0 Å². The van der Waals surface area contributed by atoms with Crippen LogP contribution >= 0.6 is 11.3 Å². The molecule has 0 radical (unpaired) electrons. The Morgan fingerprint density at radius 1 is 1.55 bits per heavy atom. The van der Waals surface area contributed by atoms with Gasteiger partial charge in [-0.15, -0.1) is 11.3 Å². The van der Waals surface area contributed by atoms with E-state index in [0.717, 1.165) is 30.9 Å². The molecule has 0 bridgehead atoms. The second-order valence-corrected chi connectivity index (χ2v) is 6.49. The number of nitrogen functional groups attached to an aromatic ring is 1. The van der Waals surface area contributed by atoms with Crippen LogP contribution in [-0.2, 0) is 0 Å². The van der Waals surface area contributed by atoms with Crippen molar-refractivity contribution in [3.63, 3.8) is 0 Å². The molecule has 0 spiro atoms. The van der Waals surface area contributed by atoms with Gasteiger partial charge in [-0.05, 0) is 26.9 Å². The summed E-state index contributed by atoms with van der Waals surface area (Å²) in [7, 11) is 5.78. The van der Waals surface area contributed by atoms with Gasteiger partial charge in [-0.1, -0.05) is 0 Å². The zero-order valence-corrected chi connectivity index (χ0v) is 13.4. The highest BCUT2D eigenvalue weighted by molar-refractivity contribution is 7.19. The smallest absolute Gasteiger partial charge is 0.177 e. The number of ketones is 1. The van der Waals surface area contributed by atoms with Gasteiger partial charge >= 0.3 is 0 Å². The summed E-state index contributed by atoms with van der Waals surface area (Å²) < 4.78 is 5.45. The summed E-state index contributed by atoms with van der Waals surface area (Å²) in [5.41, 5.74) is 6.54. The minimum absolute atomic E-state index is 0.000376. The van der Waals surface area contributed by atoms with E-state index in [1.165, 1.54) is 11.3 Å². The van der Waals surface area contributed by atoms with Crippen molar-refractivity contribution in [3.05, 3.63) is 4.88 Å². The molecule has 5 nitrogen and oxygen atoms in total. The lowest BCUT2D eigenvalue weighted by Crippen LogP contribution is -2.37. The van der Waals surface area contributed by atoms with Gasteiger partial charge in [0.1, 0.15) is 5.00 Å². The van der Waals surface area contributed by atoms with Gasteiger partial charge in [0.25, 0.3) is 0 Å². The lowest BCUT2D eigenvalue weighted by atomic mass is 10.2. The maximum atomic E-state index is 11.7. The molecule has 1 unspecified atom stereocenters. The molecule has 0 amide bonds. The summed E-state index contributed by atoms with van der Waals surface area (Å²) in [6.07, 6.45) is 2.32. The molecular weight excluding hydrogens is 274 g/mol. The molecule has 0 aromatic carbocycles. The monoisotopic (exact) mass is 297 g/mol. The first-order valence-corrected chi connectivity index (χ1v) is 7.66. The largest absolute Gasteiger partial charge is 0.492 e. The Balaban J connectivity index is 2.36.